The summed E-state index contributed by atoms with van der Waals surface area (Å²) in [5.41, 5.74) is -0.533. The van der Waals surface area contributed by atoms with Crippen LogP contribution in [0.25, 0.3) is 0 Å². The maximum absolute atomic E-state index is 13.3. The van der Waals surface area contributed by atoms with E-state index in [0.29, 0.717) is 24.4 Å². The number of anilines is 1. The van der Waals surface area contributed by atoms with Gasteiger partial charge in [0.1, 0.15) is 23.1 Å². The van der Waals surface area contributed by atoms with Crippen molar-refractivity contribution in [3.8, 4) is 17.4 Å². The van der Waals surface area contributed by atoms with Gasteiger partial charge in [-0.15, -0.1) is 0 Å². The summed E-state index contributed by atoms with van der Waals surface area (Å²) in [5, 5.41) is -0.453. The summed E-state index contributed by atoms with van der Waals surface area (Å²) < 4.78 is 88.0. The molecule has 0 spiro atoms. The molecule has 3 rings (SSSR count). The quantitative estimate of drug-likeness (QED) is 0.232. The fourth-order valence-corrected chi connectivity index (χ4v) is 4.39. The number of nitrogens with one attached hydrogen (secondary N) is 1. The van der Waals surface area contributed by atoms with Gasteiger partial charge in [0.2, 0.25) is 5.88 Å². The van der Waals surface area contributed by atoms with Crippen LogP contribution >= 0.6 is 11.6 Å². The van der Waals surface area contributed by atoms with E-state index in [0.717, 1.165) is 4.90 Å². The second kappa shape index (κ2) is 15.0. The van der Waals surface area contributed by atoms with Gasteiger partial charge in [-0.1, -0.05) is 30.7 Å². The summed E-state index contributed by atoms with van der Waals surface area (Å²) in [6.45, 7) is 1.78. The zero-order valence-corrected chi connectivity index (χ0v) is 24.1. The third-order valence-electron chi connectivity index (χ3n) is 5.35. The Hall–Kier alpha value is -3.66. The van der Waals surface area contributed by atoms with Crippen molar-refractivity contribution in [3.05, 3.63) is 71.1 Å². The van der Waals surface area contributed by atoms with Crippen molar-refractivity contribution in [1.82, 2.24) is 14.7 Å². The summed E-state index contributed by atoms with van der Waals surface area (Å²) in [6.07, 6.45) is -3.29. The van der Waals surface area contributed by atoms with Crippen LogP contribution in [0.15, 0.2) is 54.9 Å². The lowest BCUT2D eigenvalue weighted by Gasteiger charge is -2.26. The first-order chi connectivity index (χ1) is 19.9. The zero-order valence-electron chi connectivity index (χ0n) is 22.6. The van der Waals surface area contributed by atoms with E-state index in [1.807, 2.05) is 0 Å². The monoisotopic (exact) mass is 632 g/mol. The number of ether oxygens (including phenoxy) is 3. The van der Waals surface area contributed by atoms with Crippen LogP contribution in [-0.4, -0.2) is 57.9 Å². The number of methoxy groups -OCH3 is 1. The van der Waals surface area contributed by atoms with E-state index >= 15 is 0 Å². The number of halogens is 4. The molecule has 0 aliphatic rings. The normalized spacial score (nSPS) is 11.7. The Kier molecular flexibility index (Phi) is 11.7. The van der Waals surface area contributed by atoms with Crippen LogP contribution in [0.4, 0.5) is 23.7 Å². The lowest BCUT2D eigenvalue weighted by Crippen LogP contribution is -2.38. The van der Waals surface area contributed by atoms with E-state index in [1.165, 1.54) is 25.3 Å². The number of rotatable bonds is 14. The SMILES string of the molecule is CCCN(C(=O)OS(=O)(=O)NCCc1ccccn1)c1c(OCCOC)cccc1Oc1ncc(C(F)(F)F)cc1Cl. The number of carbonyl (C=O) groups excluding carboxylic acids is 1. The Bertz CT molecular complexity index is 1450. The number of para-hydroxylation sites is 1. The Morgan fingerprint density at radius 2 is 1.86 bits per heavy atom. The molecule has 3 aromatic rings. The van der Waals surface area contributed by atoms with Gasteiger partial charge in [0.15, 0.2) is 5.75 Å². The summed E-state index contributed by atoms with van der Waals surface area (Å²) in [4.78, 5) is 22.0. The number of aromatic nitrogens is 2. The smallest absolute Gasteiger partial charge is 0.431 e. The highest BCUT2D eigenvalue weighted by atomic mass is 35.5. The number of hydrogen-bond donors (Lipinski definition) is 1. The molecule has 1 N–H and O–H groups in total. The molecule has 1 amide bonds. The fourth-order valence-electron chi connectivity index (χ4n) is 3.50. The van der Waals surface area contributed by atoms with E-state index in [2.05, 4.69) is 14.7 Å². The van der Waals surface area contributed by atoms with Crippen LogP contribution in [-0.2, 0) is 31.8 Å². The van der Waals surface area contributed by atoms with Crippen molar-refractivity contribution in [2.45, 2.75) is 25.9 Å². The molecular formula is C26H28ClF3N4O7S. The molecule has 0 bridgehead atoms. The minimum Gasteiger partial charge on any atom is -0.489 e. The average Bonchev–Trinajstić information content (AvgIpc) is 2.93. The van der Waals surface area contributed by atoms with Crippen molar-refractivity contribution >= 4 is 33.7 Å². The summed E-state index contributed by atoms with van der Waals surface area (Å²) in [5.74, 6) is -0.447. The predicted octanol–water partition coefficient (Wildman–Crippen LogP) is 5.40. The van der Waals surface area contributed by atoms with E-state index in [-0.39, 0.29) is 49.9 Å². The molecule has 0 fully saturated rings. The molecule has 42 heavy (non-hydrogen) atoms. The second-order valence-electron chi connectivity index (χ2n) is 8.48. The Morgan fingerprint density at radius 1 is 1.10 bits per heavy atom. The van der Waals surface area contributed by atoms with Crippen LogP contribution in [0.2, 0.25) is 5.02 Å². The highest BCUT2D eigenvalue weighted by Crippen LogP contribution is 2.42. The number of benzene rings is 1. The van der Waals surface area contributed by atoms with Crippen molar-refractivity contribution < 1.29 is 44.8 Å². The van der Waals surface area contributed by atoms with E-state index in [1.54, 1.807) is 31.3 Å². The summed E-state index contributed by atoms with van der Waals surface area (Å²) in [7, 11) is -3.11. The number of nitrogens with zero attached hydrogens (tertiary/aromatic N) is 3. The van der Waals surface area contributed by atoms with Crippen LogP contribution in [0.3, 0.4) is 0 Å². The minimum absolute atomic E-state index is 0.0363. The Morgan fingerprint density at radius 3 is 2.50 bits per heavy atom. The average molecular weight is 633 g/mol. The standard InChI is InChI=1S/C26H28ClF3N4O7S/c1-3-13-34(25(35)41-42(36,37)33-12-10-19-7-4-5-11-31-19)23-21(39-15-14-38-2)8-6-9-22(23)40-24-20(27)16-18(17-32-24)26(28,29)30/h4-9,11,16-17,33H,3,10,12-15H2,1-2H3. The van der Waals surface area contributed by atoms with Crippen molar-refractivity contribution in [2.75, 3.05) is 38.3 Å². The van der Waals surface area contributed by atoms with Gasteiger partial charge in [0, 0.05) is 44.7 Å². The van der Waals surface area contributed by atoms with Crippen molar-refractivity contribution in [1.29, 1.82) is 0 Å². The van der Waals surface area contributed by atoms with Gasteiger partial charge in [-0.2, -0.15) is 26.3 Å². The topological polar surface area (TPSA) is 129 Å². The molecule has 228 valence electrons. The van der Waals surface area contributed by atoms with E-state index in [9.17, 15) is 26.4 Å². The number of alkyl halides is 3. The Labute approximate surface area is 245 Å². The maximum atomic E-state index is 13.3. The van der Waals surface area contributed by atoms with Gasteiger partial charge < -0.3 is 18.4 Å². The number of pyridine rings is 2. The largest absolute Gasteiger partial charge is 0.489 e. The van der Waals surface area contributed by atoms with Crippen molar-refractivity contribution in [3.63, 3.8) is 0 Å². The third-order valence-corrected chi connectivity index (χ3v) is 6.54. The van der Waals surface area contributed by atoms with Gasteiger partial charge >= 0.3 is 22.6 Å². The molecule has 1 aromatic carbocycles. The number of amides is 1. The van der Waals surface area contributed by atoms with Gasteiger partial charge in [0.25, 0.3) is 0 Å². The zero-order chi connectivity index (χ0) is 30.8. The summed E-state index contributed by atoms with van der Waals surface area (Å²) in [6, 6.07) is 10.2. The molecule has 0 saturated heterocycles. The minimum atomic E-state index is -4.69. The lowest BCUT2D eigenvalue weighted by molar-refractivity contribution is -0.137. The molecular weight excluding hydrogens is 605 g/mol. The molecule has 16 heteroatoms. The molecule has 0 aliphatic heterocycles. The van der Waals surface area contributed by atoms with E-state index in [4.69, 9.17) is 30.0 Å². The van der Waals surface area contributed by atoms with Gasteiger partial charge in [-0.25, -0.2) is 9.78 Å². The fraction of sp³-hybridized carbons (Fsp3) is 0.346. The Balaban J connectivity index is 1.91. The molecule has 0 aliphatic carbocycles. The highest BCUT2D eigenvalue weighted by Gasteiger charge is 2.33. The molecule has 2 heterocycles. The molecule has 11 nitrogen and oxygen atoms in total. The van der Waals surface area contributed by atoms with Gasteiger partial charge in [-0.3, -0.25) is 9.88 Å². The van der Waals surface area contributed by atoms with E-state index < -0.39 is 39.0 Å². The van der Waals surface area contributed by atoms with Crippen molar-refractivity contribution in [2.24, 2.45) is 0 Å². The molecule has 0 radical (unpaired) electrons. The van der Waals surface area contributed by atoms with Gasteiger partial charge in [-0.05, 0) is 36.8 Å². The van der Waals surface area contributed by atoms with Gasteiger partial charge in [0.05, 0.1) is 12.2 Å². The number of hydrogen-bond acceptors (Lipinski definition) is 9. The van der Waals surface area contributed by atoms with Crippen LogP contribution in [0, 0.1) is 0 Å². The van der Waals surface area contributed by atoms with Crippen LogP contribution in [0.5, 0.6) is 17.4 Å². The first-order valence-corrected chi connectivity index (χ1v) is 14.3. The first-order valence-electron chi connectivity index (χ1n) is 12.5. The maximum Gasteiger partial charge on any atom is 0.431 e. The second-order valence-corrected chi connectivity index (χ2v) is 10.2. The first kappa shape index (κ1) is 32.8. The molecule has 2 aromatic heterocycles. The van der Waals surface area contributed by atoms with Crippen LogP contribution < -0.4 is 19.1 Å². The van der Waals surface area contributed by atoms with Crippen LogP contribution in [0.1, 0.15) is 24.6 Å². The molecule has 0 atom stereocenters. The highest BCUT2D eigenvalue weighted by molar-refractivity contribution is 7.85. The third kappa shape index (κ3) is 9.44. The molecule has 0 unspecified atom stereocenters. The summed E-state index contributed by atoms with van der Waals surface area (Å²) >= 11 is 6.03. The lowest BCUT2D eigenvalue weighted by atomic mass is 10.2. The molecule has 0 saturated carbocycles. The number of carbonyl (C=O) groups is 1. The predicted molar refractivity (Wildman–Crippen MR) is 147 cm³/mol.